The standard InChI is InChI=1S/C12H16O3/c1-2-8-14-9-11(13)10-15-12-6-4-3-5-7-12/h2-7,11,13H,1,8-10H2/t11-/m0/s1. The van der Waals surface area contributed by atoms with Crippen molar-refractivity contribution >= 4 is 0 Å². The summed E-state index contributed by atoms with van der Waals surface area (Å²) in [5.74, 6) is 0.750. The first kappa shape index (κ1) is 11.8. The van der Waals surface area contributed by atoms with Gasteiger partial charge < -0.3 is 14.6 Å². The van der Waals surface area contributed by atoms with Crippen LogP contribution < -0.4 is 4.74 Å². The number of hydrogen-bond donors (Lipinski definition) is 1. The van der Waals surface area contributed by atoms with E-state index in [1.807, 2.05) is 30.3 Å². The molecule has 0 aliphatic heterocycles. The van der Waals surface area contributed by atoms with E-state index >= 15 is 0 Å². The fourth-order valence-electron chi connectivity index (χ4n) is 1.04. The van der Waals surface area contributed by atoms with Gasteiger partial charge in [-0.05, 0) is 12.1 Å². The lowest BCUT2D eigenvalue weighted by molar-refractivity contribution is 0.0214. The van der Waals surface area contributed by atoms with Crippen LogP contribution in [0.1, 0.15) is 0 Å². The summed E-state index contributed by atoms with van der Waals surface area (Å²) in [6.07, 6.45) is 1.04. The van der Waals surface area contributed by atoms with Crippen LogP contribution in [0, 0.1) is 0 Å². The molecule has 1 atom stereocenters. The second-order valence-electron chi connectivity index (χ2n) is 3.10. The van der Waals surface area contributed by atoms with Crippen molar-refractivity contribution in [3.63, 3.8) is 0 Å². The molecule has 0 heterocycles. The van der Waals surface area contributed by atoms with E-state index in [-0.39, 0.29) is 13.2 Å². The molecule has 3 nitrogen and oxygen atoms in total. The van der Waals surface area contributed by atoms with Gasteiger partial charge in [0.05, 0.1) is 13.2 Å². The minimum absolute atomic E-state index is 0.237. The van der Waals surface area contributed by atoms with E-state index in [2.05, 4.69) is 6.58 Å². The number of para-hydroxylation sites is 1. The molecule has 1 N–H and O–H groups in total. The zero-order valence-electron chi connectivity index (χ0n) is 8.63. The van der Waals surface area contributed by atoms with Crippen LogP contribution in [0.3, 0.4) is 0 Å². The van der Waals surface area contributed by atoms with Gasteiger partial charge in [-0.2, -0.15) is 0 Å². The Labute approximate surface area is 90.0 Å². The molecule has 0 saturated heterocycles. The lowest BCUT2D eigenvalue weighted by atomic mass is 10.3. The van der Waals surface area contributed by atoms with Crippen LogP contribution in [0.25, 0.3) is 0 Å². The number of rotatable bonds is 7. The number of aliphatic hydroxyl groups excluding tert-OH is 1. The highest BCUT2D eigenvalue weighted by molar-refractivity contribution is 5.20. The minimum atomic E-state index is -0.606. The number of benzene rings is 1. The Morgan fingerprint density at radius 1 is 1.27 bits per heavy atom. The van der Waals surface area contributed by atoms with E-state index in [4.69, 9.17) is 9.47 Å². The van der Waals surface area contributed by atoms with Crippen LogP contribution in [0.4, 0.5) is 0 Å². The monoisotopic (exact) mass is 208 g/mol. The zero-order chi connectivity index (χ0) is 10.9. The van der Waals surface area contributed by atoms with Crippen LogP contribution >= 0.6 is 0 Å². The normalized spacial score (nSPS) is 12.1. The summed E-state index contributed by atoms with van der Waals surface area (Å²) in [5.41, 5.74) is 0. The van der Waals surface area contributed by atoms with Gasteiger partial charge in [-0.3, -0.25) is 0 Å². The summed E-state index contributed by atoms with van der Waals surface area (Å²) in [6, 6.07) is 9.37. The van der Waals surface area contributed by atoms with Gasteiger partial charge in [0.1, 0.15) is 18.5 Å². The molecule has 3 heteroatoms. The molecule has 1 aromatic rings. The third kappa shape index (κ3) is 5.20. The average Bonchev–Trinajstić information content (AvgIpc) is 2.28. The summed E-state index contributed by atoms with van der Waals surface area (Å²) in [5, 5.41) is 9.45. The van der Waals surface area contributed by atoms with Gasteiger partial charge in [-0.25, -0.2) is 0 Å². The third-order valence-corrected chi connectivity index (χ3v) is 1.73. The smallest absolute Gasteiger partial charge is 0.119 e. The van der Waals surface area contributed by atoms with E-state index in [0.717, 1.165) is 5.75 Å². The van der Waals surface area contributed by atoms with Crippen molar-refractivity contribution in [2.45, 2.75) is 6.10 Å². The first-order chi connectivity index (χ1) is 7.33. The van der Waals surface area contributed by atoms with Gasteiger partial charge in [0.15, 0.2) is 0 Å². The second kappa shape index (κ2) is 7.04. The van der Waals surface area contributed by atoms with E-state index in [1.165, 1.54) is 0 Å². The van der Waals surface area contributed by atoms with E-state index in [0.29, 0.717) is 6.61 Å². The highest BCUT2D eigenvalue weighted by Gasteiger charge is 2.04. The molecule has 0 aromatic heterocycles. The molecule has 0 unspecified atom stereocenters. The summed E-state index contributed by atoms with van der Waals surface area (Å²) in [7, 11) is 0. The molecule has 0 aliphatic rings. The highest BCUT2D eigenvalue weighted by Crippen LogP contribution is 2.08. The van der Waals surface area contributed by atoms with Gasteiger partial charge in [-0.1, -0.05) is 24.3 Å². The molecule has 82 valence electrons. The molecule has 0 saturated carbocycles. The lowest BCUT2D eigenvalue weighted by Gasteiger charge is -2.11. The Hall–Kier alpha value is -1.32. The third-order valence-electron chi connectivity index (χ3n) is 1.73. The topological polar surface area (TPSA) is 38.7 Å². The molecule has 0 aliphatic carbocycles. The summed E-state index contributed by atoms with van der Waals surface area (Å²) in [4.78, 5) is 0. The molecule has 0 amide bonds. The van der Waals surface area contributed by atoms with Crippen LogP contribution in [-0.4, -0.2) is 31.0 Å². The van der Waals surface area contributed by atoms with Crippen LogP contribution in [0.15, 0.2) is 43.0 Å². The average molecular weight is 208 g/mol. The second-order valence-corrected chi connectivity index (χ2v) is 3.10. The Morgan fingerprint density at radius 3 is 2.67 bits per heavy atom. The fourth-order valence-corrected chi connectivity index (χ4v) is 1.04. The van der Waals surface area contributed by atoms with Crippen LogP contribution in [-0.2, 0) is 4.74 Å². The van der Waals surface area contributed by atoms with Crippen molar-refractivity contribution < 1.29 is 14.6 Å². The quantitative estimate of drug-likeness (QED) is 0.546. The SMILES string of the molecule is C=CCOC[C@H](O)COc1ccccc1. The van der Waals surface area contributed by atoms with Crippen molar-refractivity contribution in [3.8, 4) is 5.75 Å². The van der Waals surface area contributed by atoms with E-state index in [1.54, 1.807) is 6.08 Å². The van der Waals surface area contributed by atoms with Crippen molar-refractivity contribution in [2.24, 2.45) is 0 Å². The molecule has 1 rings (SSSR count). The summed E-state index contributed by atoms with van der Waals surface area (Å²) < 4.78 is 10.4. The molecule has 0 bridgehead atoms. The summed E-state index contributed by atoms with van der Waals surface area (Å²) in [6.45, 7) is 4.46. The summed E-state index contributed by atoms with van der Waals surface area (Å²) >= 11 is 0. The van der Waals surface area contributed by atoms with Crippen LogP contribution in [0.5, 0.6) is 5.75 Å². The first-order valence-electron chi connectivity index (χ1n) is 4.87. The van der Waals surface area contributed by atoms with Crippen molar-refractivity contribution in [1.82, 2.24) is 0 Å². The predicted molar refractivity (Wildman–Crippen MR) is 59.0 cm³/mol. The van der Waals surface area contributed by atoms with Crippen molar-refractivity contribution in [3.05, 3.63) is 43.0 Å². The Kier molecular flexibility index (Phi) is 5.51. The Balaban J connectivity index is 2.16. The Bertz CT molecular complexity index is 271. The number of hydrogen-bond acceptors (Lipinski definition) is 3. The fraction of sp³-hybridized carbons (Fsp3) is 0.333. The molecule has 0 radical (unpaired) electrons. The maximum absolute atomic E-state index is 9.45. The van der Waals surface area contributed by atoms with Crippen molar-refractivity contribution in [1.29, 1.82) is 0 Å². The lowest BCUT2D eigenvalue weighted by Crippen LogP contribution is -2.23. The molecule has 1 aromatic carbocycles. The molecular formula is C12H16O3. The number of aliphatic hydroxyl groups is 1. The highest BCUT2D eigenvalue weighted by atomic mass is 16.5. The van der Waals surface area contributed by atoms with Gasteiger partial charge in [0.2, 0.25) is 0 Å². The maximum Gasteiger partial charge on any atom is 0.119 e. The van der Waals surface area contributed by atoms with E-state index < -0.39 is 6.10 Å². The molecule has 15 heavy (non-hydrogen) atoms. The van der Waals surface area contributed by atoms with Crippen molar-refractivity contribution in [2.75, 3.05) is 19.8 Å². The Morgan fingerprint density at radius 2 is 2.00 bits per heavy atom. The predicted octanol–water partition coefficient (Wildman–Crippen LogP) is 1.63. The number of ether oxygens (including phenoxy) is 2. The zero-order valence-corrected chi connectivity index (χ0v) is 8.63. The molecule has 0 spiro atoms. The first-order valence-corrected chi connectivity index (χ1v) is 4.87. The van der Waals surface area contributed by atoms with Gasteiger partial charge in [0.25, 0.3) is 0 Å². The van der Waals surface area contributed by atoms with Gasteiger partial charge in [0, 0.05) is 0 Å². The van der Waals surface area contributed by atoms with Gasteiger partial charge in [-0.15, -0.1) is 6.58 Å². The maximum atomic E-state index is 9.45. The van der Waals surface area contributed by atoms with Gasteiger partial charge >= 0.3 is 0 Å². The minimum Gasteiger partial charge on any atom is -0.491 e. The largest absolute Gasteiger partial charge is 0.491 e. The van der Waals surface area contributed by atoms with Crippen LogP contribution in [0.2, 0.25) is 0 Å². The molecular weight excluding hydrogens is 192 g/mol. The van der Waals surface area contributed by atoms with E-state index in [9.17, 15) is 5.11 Å². The molecule has 0 fully saturated rings.